The van der Waals surface area contributed by atoms with E-state index >= 15 is 0 Å². The molecule has 0 saturated heterocycles. The Morgan fingerprint density at radius 3 is 2.22 bits per heavy atom. The predicted molar refractivity (Wildman–Crippen MR) is 180 cm³/mol. The molecule has 0 heterocycles. The summed E-state index contributed by atoms with van der Waals surface area (Å²) in [5, 5.41) is 14.9. The maximum atomic E-state index is 12.9. The molecule has 1 N–H and O–H groups in total. The van der Waals surface area contributed by atoms with Crippen molar-refractivity contribution in [3.05, 3.63) is 139 Å². The highest BCUT2D eigenvalue weighted by atomic mass is 127. The number of hydrogen-bond donors (Lipinski definition) is 1. The van der Waals surface area contributed by atoms with E-state index in [-0.39, 0.29) is 5.57 Å². The van der Waals surface area contributed by atoms with Crippen LogP contribution in [0.25, 0.3) is 16.8 Å². The molecule has 0 fully saturated rings. The second kappa shape index (κ2) is 13.7. The van der Waals surface area contributed by atoms with Gasteiger partial charge in [0, 0.05) is 5.69 Å². The normalized spacial score (nSPS) is 11.1. The van der Waals surface area contributed by atoms with Crippen LogP contribution in [-0.4, -0.2) is 5.91 Å². The van der Waals surface area contributed by atoms with E-state index < -0.39 is 5.91 Å². The van der Waals surface area contributed by atoms with Crippen LogP contribution in [0.2, 0.25) is 0 Å². The summed E-state index contributed by atoms with van der Waals surface area (Å²) in [5.41, 5.74) is 3.50. The molecular formula is C34H24I2N2O3. The van der Waals surface area contributed by atoms with Gasteiger partial charge in [-0.2, -0.15) is 5.26 Å². The van der Waals surface area contributed by atoms with Crippen molar-refractivity contribution in [2.45, 2.75) is 13.2 Å². The first kappa shape index (κ1) is 28.6. The van der Waals surface area contributed by atoms with Gasteiger partial charge in [0.15, 0.2) is 0 Å². The third-order valence-corrected chi connectivity index (χ3v) is 7.91. The molecule has 0 bridgehead atoms. The van der Waals surface area contributed by atoms with Crippen LogP contribution in [0.5, 0.6) is 11.5 Å². The first-order chi connectivity index (χ1) is 20.0. The molecule has 0 aliphatic heterocycles. The fourth-order valence-electron chi connectivity index (χ4n) is 4.26. The van der Waals surface area contributed by atoms with Crippen molar-refractivity contribution < 1.29 is 14.3 Å². The van der Waals surface area contributed by atoms with Crippen LogP contribution in [0.15, 0.2) is 115 Å². The van der Waals surface area contributed by atoms with Gasteiger partial charge >= 0.3 is 0 Å². The fourth-order valence-corrected chi connectivity index (χ4v) is 6.39. The average Bonchev–Trinajstić information content (AvgIpc) is 2.99. The number of nitrogens with one attached hydrogen (secondary N) is 1. The lowest BCUT2D eigenvalue weighted by Gasteiger charge is -2.13. The number of hydrogen-bond acceptors (Lipinski definition) is 4. The van der Waals surface area contributed by atoms with Crippen molar-refractivity contribution in [3.63, 3.8) is 0 Å². The summed E-state index contributed by atoms with van der Waals surface area (Å²) in [6, 6.07) is 37.3. The fraction of sp³-hybridized carbons (Fsp3) is 0.0588. The number of benzene rings is 5. The number of carbonyl (C=O) groups is 1. The molecule has 0 saturated carbocycles. The molecule has 0 spiro atoms. The molecule has 5 nitrogen and oxygen atoms in total. The van der Waals surface area contributed by atoms with Crippen molar-refractivity contribution in [1.29, 1.82) is 5.26 Å². The van der Waals surface area contributed by atoms with Crippen LogP contribution in [0.1, 0.15) is 16.7 Å². The predicted octanol–water partition coefficient (Wildman–Crippen LogP) is 8.75. The SMILES string of the molecule is N#C/C(=C\c1cc(I)c(OCc2cccc3ccccc23)c(I)c1)C(=O)Nc1ccc(OCc2ccccc2)cc1. The number of carbonyl (C=O) groups excluding carboxylic acids is 1. The zero-order valence-corrected chi connectivity index (χ0v) is 26.1. The Morgan fingerprint density at radius 1 is 0.805 bits per heavy atom. The Balaban J connectivity index is 1.24. The number of fused-ring (bicyclic) bond motifs is 1. The van der Waals surface area contributed by atoms with Crippen LogP contribution in [-0.2, 0) is 18.0 Å². The Bertz CT molecular complexity index is 1730. The van der Waals surface area contributed by atoms with Crippen LogP contribution in [0.4, 0.5) is 5.69 Å². The summed E-state index contributed by atoms with van der Waals surface area (Å²) < 4.78 is 13.8. The van der Waals surface area contributed by atoms with Crippen LogP contribution in [0.3, 0.4) is 0 Å². The number of nitriles is 1. The van der Waals surface area contributed by atoms with Gasteiger partial charge in [0.2, 0.25) is 0 Å². The number of amides is 1. The summed E-state index contributed by atoms with van der Waals surface area (Å²) in [6.45, 7) is 0.892. The van der Waals surface area contributed by atoms with Crippen molar-refractivity contribution in [1.82, 2.24) is 0 Å². The number of ether oxygens (including phenoxy) is 2. The Morgan fingerprint density at radius 2 is 1.49 bits per heavy atom. The first-order valence-electron chi connectivity index (χ1n) is 12.8. The minimum absolute atomic E-state index is 0.00503. The molecule has 0 radical (unpaired) electrons. The molecular weight excluding hydrogens is 738 g/mol. The minimum Gasteiger partial charge on any atom is -0.489 e. The molecule has 0 unspecified atom stereocenters. The second-order valence-corrected chi connectivity index (χ2v) is 11.5. The number of halogens is 2. The van der Waals surface area contributed by atoms with Gasteiger partial charge in [-0.05, 0) is 115 Å². The van der Waals surface area contributed by atoms with E-state index in [2.05, 4.69) is 74.8 Å². The van der Waals surface area contributed by atoms with Gasteiger partial charge in [0.05, 0.1) is 7.14 Å². The third-order valence-electron chi connectivity index (χ3n) is 6.31. The largest absolute Gasteiger partial charge is 0.489 e. The van der Waals surface area contributed by atoms with Gasteiger partial charge in [-0.3, -0.25) is 4.79 Å². The standard InChI is InChI=1S/C34H24I2N2O3/c35-31-18-24(19-32(36)33(31)41-22-26-11-6-10-25-9-4-5-12-30(25)26)17-27(20-37)34(39)38-28-13-15-29(16-14-28)40-21-23-7-2-1-3-8-23/h1-19H,21-22H2,(H,38,39)/b27-17+. The monoisotopic (exact) mass is 762 g/mol. The van der Waals surface area contributed by atoms with Crippen molar-refractivity contribution >= 4 is 73.6 Å². The maximum absolute atomic E-state index is 12.9. The first-order valence-corrected chi connectivity index (χ1v) is 14.9. The van der Waals surface area contributed by atoms with Gasteiger partial charge in [0.25, 0.3) is 5.91 Å². The van der Waals surface area contributed by atoms with Crippen molar-refractivity contribution in [3.8, 4) is 17.6 Å². The lowest BCUT2D eigenvalue weighted by molar-refractivity contribution is -0.112. The van der Waals surface area contributed by atoms with Crippen LogP contribution >= 0.6 is 45.2 Å². The Hall–Kier alpha value is -3.88. The highest BCUT2D eigenvalue weighted by Crippen LogP contribution is 2.31. The van der Waals surface area contributed by atoms with Crippen molar-refractivity contribution in [2.24, 2.45) is 0 Å². The van der Waals surface area contributed by atoms with Gasteiger partial charge in [0.1, 0.15) is 36.4 Å². The van der Waals surface area contributed by atoms with E-state index in [0.717, 1.165) is 29.6 Å². The molecule has 0 atom stereocenters. The molecule has 0 aromatic heterocycles. The summed E-state index contributed by atoms with van der Waals surface area (Å²) in [5.74, 6) is 0.982. The third kappa shape index (κ3) is 7.45. The van der Waals surface area contributed by atoms with Gasteiger partial charge in [-0.1, -0.05) is 72.8 Å². The van der Waals surface area contributed by atoms with Gasteiger partial charge in [-0.25, -0.2) is 0 Å². The van der Waals surface area contributed by atoms with E-state index in [1.165, 1.54) is 10.8 Å². The molecule has 0 aliphatic rings. The molecule has 0 aliphatic carbocycles. The molecule has 1 amide bonds. The van der Waals surface area contributed by atoms with E-state index in [9.17, 15) is 10.1 Å². The number of rotatable bonds is 9. The van der Waals surface area contributed by atoms with Gasteiger partial charge < -0.3 is 14.8 Å². The van der Waals surface area contributed by atoms with Gasteiger partial charge in [-0.15, -0.1) is 0 Å². The summed E-state index contributed by atoms with van der Waals surface area (Å²) in [7, 11) is 0. The highest BCUT2D eigenvalue weighted by molar-refractivity contribution is 14.1. The lowest BCUT2D eigenvalue weighted by atomic mass is 10.1. The smallest absolute Gasteiger partial charge is 0.266 e. The van der Waals surface area contributed by atoms with E-state index in [0.29, 0.717) is 24.7 Å². The van der Waals surface area contributed by atoms with E-state index in [1.807, 2.05) is 66.7 Å². The molecule has 41 heavy (non-hydrogen) atoms. The van der Waals surface area contributed by atoms with Crippen LogP contribution in [0, 0.1) is 18.5 Å². The minimum atomic E-state index is -0.480. The molecule has 5 aromatic rings. The Labute approximate surface area is 266 Å². The summed E-state index contributed by atoms with van der Waals surface area (Å²) in [4.78, 5) is 12.9. The second-order valence-electron chi connectivity index (χ2n) is 9.16. The summed E-state index contributed by atoms with van der Waals surface area (Å²) in [6.07, 6.45) is 1.59. The zero-order chi connectivity index (χ0) is 28.6. The zero-order valence-electron chi connectivity index (χ0n) is 21.8. The van der Waals surface area contributed by atoms with E-state index in [4.69, 9.17) is 9.47 Å². The lowest BCUT2D eigenvalue weighted by Crippen LogP contribution is -2.13. The topological polar surface area (TPSA) is 71.3 Å². The highest BCUT2D eigenvalue weighted by Gasteiger charge is 2.13. The maximum Gasteiger partial charge on any atom is 0.266 e. The molecule has 7 heteroatoms. The number of nitrogens with zero attached hydrogens (tertiary/aromatic N) is 1. The molecule has 202 valence electrons. The molecule has 5 aromatic carbocycles. The van der Waals surface area contributed by atoms with Crippen LogP contribution < -0.4 is 14.8 Å². The summed E-state index contributed by atoms with van der Waals surface area (Å²) >= 11 is 4.45. The van der Waals surface area contributed by atoms with E-state index in [1.54, 1.807) is 30.3 Å². The number of anilines is 1. The molecule has 5 rings (SSSR count). The average molecular weight is 762 g/mol. The Kier molecular flexibility index (Phi) is 9.54. The quantitative estimate of drug-likeness (QED) is 0.0927. The van der Waals surface area contributed by atoms with Crippen molar-refractivity contribution in [2.75, 3.05) is 5.32 Å².